The molecule has 82 valence electrons. The zero-order chi connectivity index (χ0) is 10.8. The van der Waals surface area contributed by atoms with Crippen LogP contribution in [0.15, 0.2) is 0 Å². The van der Waals surface area contributed by atoms with Crippen LogP contribution in [0.3, 0.4) is 0 Å². The Morgan fingerprint density at radius 1 is 0.929 bits per heavy atom. The Morgan fingerprint density at radius 3 is 1.57 bits per heavy atom. The standard InChI is InChI=1S/C6H16N6S2/c7-5(8)11-1-3-13-14-4-2-12-6(9)10/h1-4H2,(H4,7,8,11)(H4,9,10,12). The minimum atomic E-state index is 0.00819. The molecule has 0 aromatic heterocycles. The van der Waals surface area contributed by atoms with Crippen LogP contribution >= 0.6 is 21.6 Å². The summed E-state index contributed by atoms with van der Waals surface area (Å²) in [5, 5.41) is 19.2. The largest absolute Gasteiger partial charge is 0.370 e. The molecule has 0 saturated heterocycles. The number of hydrogen-bond acceptors (Lipinski definition) is 4. The lowest BCUT2D eigenvalue weighted by atomic mass is 10.7. The summed E-state index contributed by atoms with van der Waals surface area (Å²) in [5.41, 5.74) is 10.2. The van der Waals surface area contributed by atoms with Gasteiger partial charge in [0.25, 0.3) is 0 Å². The maximum Gasteiger partial charge on any atom is 0.185 e. The zero-order valence-corrected chi connectivity index (χ0v) is 9.43. The highest BCUT2D eigenvalue weighted by Crippen LogP contribution is 2.18. The quantitative estimate of drug-likeness (QED) is 0.151. The molecule has 0 spiro atoms. The summed E-state index contributed by atoms with van der Waals surface area (Å²) in [6.45, 7) is 1.40. The second-order valence-electron chi connectivity index (χ2n) is 2.32. The van der Waals surface area contributed by atoms with Gasteiger partial charge in [-0.1, -0.05) is 21.6 Å². The fourth-order valence-corrected chi connectivity index (χ4v) is 2.39. The van der Waals surface area contributed by atoms with Crippen LogP contribution in [-0.2, 0) is 0 Å². The van der Waals surface area contributed by atoms with Crippen molar-refractivity contribution in [2.45, 2.75) is 0 Å². The lowest BCUT2D eigenvalue weighted by molar-refractivity contribution is 0.954. The highest BCUT2D eigenvalue weighted by Gasteiger charge is 1.92. The molecule has 0 aliphatic rings. The predicted octanol–water partition coefficient (Wildman–Crippen LogP) is -0.666. The van der Waals surface area contributed by atoms with Gasteiger partial charge in [0.1, 0.15) is 0 Å². The average molecular weight is 236 g/mol. The molecule has 0 aromatic rings. The van der Waals surface area contributed by atoms with Gasteiger partial charge in [0.2, 0.25) is 0 Å². The third kappa shape index (κ3) is 11.2. The molecule has 0 saturated carbocycles. The van der Waals surface area contributed by atoms with Crippen LogP contribution in [0.4, 0.5) is 0 Å². The van der Waals surface area contributed by atoms with Crippen molar-refractivity contribution < 1.29 is 0 Å². The van der Waals surface area contributed by atoms with Gasteiger partial charge >= 0.3 is 0 Å². The normalized spacial score (nSPS) is 9.43. The second kappa shape index (κ2) is 8.82. The lowest BCUT2D eigenvalue weighted by Crippen LogP contribution is -2.32. The van der Waals surface area contributed by atoms with Crippen molar-refractivity contribution in [3.8, 4) is 0 Å². The van der Waals surface area contributed by atoms with E-state index in [-0.39, 0.29) is 11.9 Å². The molecule has 6 nitrogen and oxygen atoms in total. The van der Waals surface area contributed by atoms with E-state index < -0.39 is 0 Å². The fourth-order valence-electron chi connectivity index (χ4n) is 0.573. The molecule has 0 aromatic carbocycles. The molecule has 0 bridgehead atoms. The van der Waals surface area contributed by atoms with Gasteiger partial charge < -0.3 is 22.1 Å². The molecule has 8 N–H and O–H groups in total. The van der Waals surface area contributed by atoms with Crippen LogP contribution in [0, 0.1) is 10.8 Å². The van der Waals surface area contributed by atoms with Crippen molar-refractivity contribution in [1.82, 2.24) is 10.6 Å². The van der Waals surface area contributed by atoms with Crippen LogP contribution < -0.4 is 22.1 Å². The van der Waals surface area contributed by atoms with E-state index in [0.29, 0.717) is 13.1 Å². The fraction of sp³-hybridized carbons (Fsp3) is 0.667. The van der Waals surface area contributed by atoms with Gasteiger partial charge in [-0.25, -0.2) is 0 Å². The highest BCUT2D eigenvalue weighted by molar-refractivity contribution is 8.76. The Hall–Kier alpha value is -0.760. The summed E-state index contributed by atoms with van der Waals surface area (Å²) >= 11 is 0. The molecule has 0 fully saturated rings. The molecule has 0 unspecified atom stereocenters. The van der Waals surface area contributed by atoms with E-state index in [9.17, 15) is 0 Å². The van der Waals surface area contributed by atoms with Gasteiger partial charge in [-0.2, -0.15) is 0 Å². The van der Waals surface area contributed by atoms with E-state index in [1.165, 1.54) is 0 Å². The molecule has 14 heavy (non-hydrogen) atoms. The summed E-state index contributed by atoms with van der Waals surface area (Å²) in [6.07, 6.45) is 0. The van der Waals surface area contributed by atoms with E-state index >= 15 is 0 Å². The molecule has 0 heterocycles. The third-order valence-corrected chi connectivity index (χ3v) is 3.49. The Bertz CT molecular complexity index is 165. The highest BCUT2D eigenvalue weighted by atomic mass is 33.1. The molecule has 0 aliphatic carbocycles. The van der Waals surface area contributed by atoms with Crippen molar-refractivity contribution in [2.24, 2.45) is 11.5 Å². The first-order chi connectivity index (χ1) is 6.63. The van der Waals surface area contributed by atoms with Gasteiger partial charge in [0.05, 0.1) is 0 Å². The van der Waals surface area contributed by atoms with Crippen LogP contribution in [0.2, 0.25) is 0 Å². The number of nitrogens with one attached hydrogen (secondary N) is 4. The first-order valence-corrected chi connectivity index (χ1v) is 6.52. The summed E-state index contributed by atoms with van der Waals surface area (Å²) in [4.78, 5) is 0. The minimum Gasteiger partial charge on any atom is -0.370 e. The number of guanidine groups is 2. The molecule has 8 heteroatoms. The summed E-state index contributed by atoms with van der Waals surface area (Å²) in [7, 11) is 3.40. The Morgan fingerprint density at radius 2 is 1.29 bits per heavy atom. The van der Waals surface area contributed by atoms with Crippen LogP contribution in [0.1, 0.15) is 0 Å². The van der Waals surface area contributed by atoms with E-state index in [4.69, 9.17) is 22.3 Å². The minimum absolute atomic E-state index is 0.00819. The zero-order valence-electron chi connectivity index (χ0n) is 7.80. The Labute approximate surface area is 91.4 Å². The van der Waals surface area contributed by atoms with Crippen molar-refractivity contribution in [3.05, 3.63) is 0 Å². The smallest absolute Gasteiger partial charge is 0.185 e. The van der Waals surface area contributed by atoms with Gasteiger partial charge in [-0.15, -0.1) is 0 Å². The van der Waals surface area contributed by atoms with Gasteiger partial charge in [0, 0.05) is 24.6 Å². The van der Waals surface area contributed by atoms with Crippen molar-refractivity contribution >= 4 is 33.5 Å². The maximum absolute atomic E-state index is 6.89. The van der Waals surface area contributed by atoms with E-state index in [1.54, 1.807) is 21.6 Å². The van der Waals surface area contributed by atoms with Crippen molar-refractivity contribution in [1.29, 1.82) is 10.8 Å². The summed E-state index contributed by atoms with van der Waals surface area (Å²) in [6, 6.07) is 0. The summed E-state index contributed by atoms with van der Waals surface area (Å²) < 4.78 is 0. The number of nitrogens with two attached hydrogens (primary N) is 2. The Balaban J connectivity index is 2.99. The monoisotopic (exact) mass is 236 g/mol. The summed E-state index contributed by atoms with van der Waals surface area (Å²) in [5.74, 6) is 1.80. The molecular weight excluding hydrogens is 220 g/mol. The molecular formula is C6H16N6S2. The number of hydrogen-bond donors (Lipinski definition) is 6. The molecule has 0 atom stereocenters. The topological polar surface area (TPSA) is 124 Å². The first-order valence-electron chi connectivity index (χ1n) is 4.03. The van der Waals surface area contributed by atoms with Crippen LogP contribution in [-0.4, -0.2) is 36.5 Å². The van der Waals surface area contributed by atoms with Crippen LogP contribution in [0.5, 0.6) is 0 Å². The van der Waals surface area contributed by atoms with E-state index in [2.05, 4.69) is 10.6 Å². The van der Waals surface area contributed by atoms with Crippen LogP contribution in [0.25, 0.3) is 0 Å². The third-order valence-electron chi connectivity index (χ3n) is 1.09. The lowest BCUT2D eigenvalue weighted by Gasteiger charge is -2.04. The average Bonchev–Trinajstić information content (AvgIpc) is 2.08. The number of rotatable bonds is 7. The molecule has 0 rings (SSSR count). The van der Waals surface area contributed by atoms with Crippen molar-refractivity contribution in [2.75, 3.05) is 24.6 Å². The second-order valence-corrected chi connectivity index (χ2v) is 5.03. The van der Waals surface area contributed by atoms with Gasteiger partial charge in [-0.05, 0) is 0 Å². The van der Waals surface area contributed by atoms with Crippen molar-refractivity contribution in [3.63, 3.8) is 0 Å². The van der Waals surface area contributed by atoms with Gasteiger partial charge in [0.15, 0.2) is 11.9 Å². The van der Waals surface area contributed by atoms with E-state index in [0.717, 1.165) is 11.5 Å². The van der Waals surface area contributed by atoms with Gasteiger partial charge in [-0.3, -0.25) is 10.8 Å². The molecule has 0 amide bonds. The Kier molecular flexibility index (Phi) is 8.34. The predicted molar refractivity (Wildman–Crippen MR) is 64.7 cm³/mol. The molecule has 0 radical (unpaired) electrons. The SMILES string of the molecule is N=C(N)NCCSSCCNC(=N)N. The maximum atomic E-state index is 6.89. The first kappa shape index (κ1) is 13.2. The molecule has 0 aliphatic heterocycles. The van der Waals surface area contributed by atoms with E-state index in [1.807, 2.05) is 0 Å².